The van der Waals surface area contributed by atoms with Crippen molar-refractivity contribution < 1.29 is 9.59 Å². The minimum absolute atomic E-state index is 0.176. The average Bonchev–Trinajstić information content (AvgIpc) is 2.84. The quantitative estimate of drug-likeness (QED) is 0.261. The number of amides is 2. The monoisotopic (exact) mass is 507 g/mol. The molecule has 0 fully saturated rings. The first kappa shape index (κ1) is 23.8. The number of carbonyl (C=O) groups is 2. The van der Waals surface area contributed by atoms with Crippen molar-refractivity contribution in [2.24, 2.45) is 0 Å². The summed E-state index contributed by atoms with van der Waals surface area (Å²) < 4.78 is 0. The van der Waals surface area contributed by atoms with Gasteiger partial charge in [0.1, 0.15) is 11.1 Å². The highest BCUT2D eigenvalue weighted by Crippen LogP contribution is 2.36. The van der Waals surface area contributed by atoms with E-state index in [9.17, 15) is 9.59 Å². The maximum Gasteiger partial charge on any atom is 0.257 e. The molecule has 0 saturated heterocycles. The highest BCUT2D eigenvalue weighted by atomic mass is 35.5. The molecule has 4 rings (SSSR count). The molecule has 1 aromatic heterocycles. The van der Waals surface area contributed by atoms with Gasteiger partial charge in [0.2, 0.25) is 5.91 Å². The Bertz CT molecular complexity index is 1290. The van der Waals surface area contributed by atoms with E-state index in [4.69, 9.17) is 23.2 Å². The molecule has 1 atom stereocenters. The summed E-state index contributed by atoms with van der Waals surface area (Å²) in [5, 5.41) is 5.95. The lowest BCUT2D eigenvalue weighted by molar-refractivity contribution is -0.115. The van der Waals surface area contributed by atoms with Gasteiger partial charge in [-0.15, -0.1) is 11.8 Å². The van der Waals surface area contributed by atoms with Gasteiger partial charge in [0, 0.05) is 21.8 Å². The van der Waals surface area contributed by atoms with Crippen molar-refractivity contribution in [3.63, 3.8) is 0 Å². The summed E-state index contributed by atoms with van der Waals surface area (Å²) >= 11 is 13.4. The van der Waals surface area contributed by atoms with E-state index >= 15 is 0 Å². The molecule has 0 aliphatic carbocycles. The number of nitrogens with zero attached hydrogens (tertiary/aromatic N) is 1. The molecule has 1 unspecified atom stereocenters. The van der Waals surface area contributed by atoms with Crippen LogP contribution >= 0.6 is 35.0 Å². The van der Waals surface area contributed by atoms with E-state index in [0.29, 0.717) is 22.1 Å². The highest BCUT2D eigenvalue weighted by molar-refractivity contribution is 8.00. The summed E-state index contributed by atoms with van der Waals surface area (Å²) in [6.07, 6.45) is 1.63. The van der Waals surface area contributed by atoms with Crippen molar-refractivity contribution in [2.45, 2.75) is 10.1 Å². The molecule has 0 spiro atoms. The molecule has 2 amide bonds. The Morgan fingerprint density at radius 3 is 2.24 bits per heavy atom. The molecule has 0 saturated carbocycles. The van der Waals surface area contributed by atoms with Gasteiger partial charge >= 0.3 is 0 Å². The third kappa shape index (κ3) is 6.17. The first-order valence-corrected chi connectivity index (χ1v) is 11.9. The molecule has 0 radical (unpaired) electrons. The molecular formula is C26H19Cl2N3O2S. The van der Waals surface area contributed by atoms with Crippen LogP contribution in [0, 0.1) is 0 Å². The van der Waals surface area contributed by atoms with Crippen molar-refractivity contribution in [2.75, 3.05) is 10.6 Å². The zero-order valence-electron chi connectivity index (χ0n) is 17.7. The number of pyridine rings is 1. The Morgan fingerprint density at radius 2 is 1.56 bits per heavy atom. The van der Waals surface area contributed by atoms with E-state index in [1.54, 1.807) is 42.6 Å². The van der Waals surface area contributed by atoms with Gasteiger partial charge in [0.25, 0.3) is 5.91 Å². The fourth-order valence-corrected chi connectivity index (χ4v) is 4.67. The normalized spacial score (nSPS) is 11.5. The first-order chi connectivity index (χ1) is 16.5. The summed E-state index contributed by atoms with van der Waals surface area (Å²) in [7, 11) is 0. The second-order valence-corrected chi connectivity index (χ2v) is 9.24. The molecule has 3 aromatic carbocycles. The standard InChI is InChI=1S/C26H19Cl2N3O2S/c27-18-9-14-21(22(28)16-18)25(32)30-19-10-12-20(13-11-19)34-24(17-6-2-1-3-7-17)26(33)31-23-8-4-5-15-29-23/h1-16,24H,(H,30,32)(H,29,31,33). The number of nitrogens with one attached hydrogen (secondary N) is 2. The lowest BCUT2D eigenvalue weighted by atomic mass is 10.1. The van der Waals surface area contributed by atoms with Gasteiger partial charge in [-0.2, -0.15) is 0 Å². The van der Waals surface area contributed by atoms with Gasteiger partial charge in [0.15, 0.2) is 0 Å². The number of thioether (sulfide) groups is 1. The number of hydrogen-bond donors (Lipinski definition) is 2. The Kier molecular flexibility index (Phi) is 7.85. The van der Waals surface area contributed by atoms with Crippen molar-refractivity contribution >= 4 is 58.3 Å². The van der Waals surface area contributed by atoms with Crippen LogP contribution in [0.4, 0.5) is 11.5 Å². The van der Waals surface area contributed by atoms with E-state index in [1.807, 2.05) is 48.5 Å². The number of hydrogen-bond acceptors (Lipinski definition) is 4. The van der Waals surface area contributed by atoms with Crippen molar-refractivity contribution in [1.82, 2.24) is 4.98 Å². The van der Waals surface area contributed by atoms with Crippen LogP contribution in [0.25, 0.3) is 0 Å². The van der Waals surface area contributed by atoms with E-state index in [-0.39, 0.29) is 16.8 Å². The number of anilines is 2. The molecule has 170 valence electrons. The number of aromatic nitrogens is 1. The molecule has 1 heterocycles. The van der Waals surface area contributed by atoms with Crippen LogP contribution in [0.2, 0.25) is 10.0 Å². The molecule has 2 N–H and O–H groups in total. The van der Waals surface area contributed by atoms with Gasteiger partial charge < -0.3 is 10.6 Å². The Balaban J connectivity index is 1.48. The second kappa shape index (κ2) is 11.2. The minimum atomic E-state index is -0.489. The number of benzene rings is 3. The van der Waals surface area contributed by atoms with E-state index in [2.05, 4.69) is 15.6 Å². The average molecular weight is 508 g/mol. The fourth-order valence-electron chi connectivity index (χ4n) is 3.15. The minimum Gasteiger partial charge on any atom is -0.322 e. The van der Waals surface area contributed by atoms with Gasteiger partial charge in [-0.1, -0.05) is 59.6 Å². The van der Waals surface area contributed by atoms with Crippen LogP contribution in [0.5, 0.6) is 0 Å². The van der Waals surface area contributed by atoms with Crippen LogP contribution in [-0.4, -0.2) is 16.8 Å². The smallest absolute Gasteiger partial charge is 0.257 e. The topological polar surface area (TPSA) is 71.1 Å². The van der Waals surface area contributed by atoms with Gasteiger partial charge in [-0.25, -0.2) is 4.98 Å². The molecule has 4 aromatic rings. The predicted octanol–water partition coefficient (Wildman–Crippen LogP) is 7.11. The Morgan fingerprint density at radius 1 is 0.824 bits per heavy atom. The van der Waals surface area contributed by atoms with Gasteiger partial charge in [-0.05, 0) is 60.2 Å². The van der Waals surface area contributed by atoms with Crippen molar-refractivity contribution in [1.29, 1.82) is 0 Å². The van der Waals surface area contributed by atoms with Gasteiger partial charge in [-0.3, -0.25) is 9.59 Å². The van der Waals surface area contributed by atoms with E-state index < -0.39 is 5.25 Å². The molecular weight excluding hydrogens is 489 g/mol. The summed E-state index contributed by atoms with van der Waals surface area (Å²) in [4.78, 5) is 30.7. The second-order valence-electron chi connectivity index (χ2n) is 7.22. The number of rotatable bonds is 7. The molecule has 8 heteroatoms. The SMILES string of the molecule is O=C(Nc1ccc(SC(C(=O)Nc2ccccn2)c2ccccc2)cc1)c1ccc(Cl)cc1Cl. The van der Waals surface area contributed by atoms with Crippen molar-refractivity contribution in [3.8, 4) is 0 Å². The zero-order chi connectivity index (χ0) is 23.9. The van der Waals surface area contributed by atoms with Crippen LogP contribution in [0.15, 0.2) is 102 Å². The van der Waals surface area contributed by atoms with Crippen LogP contribution in [0.3, 0.4) is 0 Å². The molecule has 5 nitrogen and oxygen atoms in total. The summed E-state index contributed by atoms with van der Waals surface area (Å²) in [6, 6.07) is 26.9. The first-order valence-electron chi connectivity index (χ1n) is 10.3. The fraction of sp³-hybridized carbons (Fsp3) is 0.0385. The van der Waals surface area contributed by atoms with E-state index in [0.717, 1.165) is 10.5 Å². The number of halogens is 2. The van der Waals surface area contributed by atoms with Crippen LogP contribution in [-0.2, 0) is 4.79 Å². The van der Waals surface area contributed by atoms with Gasteiger partial charge in [0.05, 0.1) is 10.6 Å². The summed E-state index contributed by atoms with van der Waals surface area (Å²) in [6.45, 7) is 0. The third-order valence-electron chi connectivity index (χ3n) is 4.80. The predicted molar refractivity (Wildman–Crippen MR) is 139 cm³/mol. The van der Waals surface area contributed by atoms with Crippen LogP contribution < -0.4 is 10.6 Å². The highest BCUT2D eigenvalue weighted by Gasteiger charge is 2.22. The number of carbonyl (C=O) groups excluding carboxylic acids is 2. The third-order valence-corrected chi connectivity index (χ3v) is 6.61. The van der Waals surface area contributed by atoms with E-state index in [1.165, 1.54) is 17.8 Å². The van der Waals surface area contributed by atoms with Crippen LogP contribution in [0.1, 0.15) is 21.2 Å². The molecule has 0 bridgehead atoms. The largest absolute Gasteiger partial charge is 0.322 e. The summed E-state index contributed by atoms with van der Waals surface area (Å²) in [5.74, 6) is -0.0171. The lowest BCUT2D eigenvalue weighted by Gasteiger charge is -2.17. The Hall–Kier alpha value is -3.32. The maximum atomic E-state index is 13.1. The zero-order valence-corrected chi connectivity index (χ0v) is 20.1. The van der Waals surface area contributed by atoms with Crippen molar-refractivity contribution in [3.05, 3.63) is 118 Å². The maximum absolute atomic E-state index is 13.1. The summed E-state index contributed by atoms with van der Waals surface area (Å²) in [5.41, 5.74) is 1.81. The lowest BCUT2D eigenvalue weighted by Crippen LogP contribution is -2.19. The molecule has 0 aliphatic heterocycles. The Labute approximate surface area is 211 Å². The molecule has 0 aliphatic rings. The molecule has 34 heavy (non-hydrogen) atoms.